The van der Waals surface area contributed by atoms with E-state index in [4.69, 9.17) is 4.98 Å². The van der Waals surface area contributed by atoms with Crippen LogP contribution in [0.25, 0.3) is 5.65 Å². The third-order valence-corrected chi connectivity index (χ3v) is 8.35. The third-order valence-electron chi connectivity index (χ3n) is 8.35. The van der Waals surface area contributed by atoms with E-state index in [-0.39, 0.29) is 17.9 Å². The summed E-state index contributed by atoms with van der Waals surface area (Å²) in [6.45, 7) is 6.90. The van der Waals surface area contributed by atoms with E-state index >= 15 is 0 Å². The monoisotopic (exact) mass is 558 g/mol. The predicted molar refractivity (Wildman–Crippen MR) is 164 cm³/mol. The number of hydrogen-bond donors (Lipinski definition) is 3. The molecule has 1 saturated carbocycles. The summed E-state index contributed by atoms with van der Waals surface area (Å²) >= 11 is 0. The Balaban J connectivity index is 1.29. The molecule has 2 fully saturated rings. The van der Waals surface area contributed by atoms with Crippen LogP contribution in [-0.2, 0) is 11.2 Å². The number of anilines is 3. The molecular formula is C31H42N8O2. The first kappa shape index (κ1) is 28.6. The third kappa shape index (κ3) is 6.70. The first-order valence-electron chi connectivity index (χ1n) is 14.7. The molecule has 0 radical (unpaired) electrons. The predicted octanol–water partition coefficient (Wildman–Crippen LogP) is 4.42. The second kappa shape index (κ2) is 12.7. The Morgan fingerprint density at radius 1 is 1.07 bits per heavy atom. The van der Waals surface area contributed by atoms with Crippen LogP contribution >= 0.6 is 0 Å². The number of nitrogens with zero attached hydrogens (tertiary/aromatic N) is 5. The molecule has 3 aromatic rings. The van der Waals surface area contributed by atoms with Crippen molar-refractivity contribution in [1.29, 1.82) is 0 Å². The second-order valence-electron chi connectivity index (χ2n) is 11.4. The van der Waals surface area contributed by atoms with Gasteiger partial charge in [0.1, 0.15) is 11.6 Å². The Hall–Kier alpha value is -3.92. The van der Waals surface area contributed by atoms with Gasteiger partial charge in [-0.15, -0.1) is 0 Å². The summed E-state index contributed by atoms with van der Waals surface area (Å²) in [7, 11) is 4.33. The molecule has 10 heteroatoms. The molecule has 3 N–H and O–H groups in total. The first-order valence-corrected chi connectivity index (χ1v) is 14.7. The average Bonchev–Trinajstić information content (AvgIpc) is 3.41. The van der Waals surface area contributed by atoms with Gasteiger partial charge < -0.3 is 25.8 Å². The minimum atomic E-state index is -0.280. The van der Waals surface area contributed by atoms with Gasteiger partial charge in [0.25, 0.3) is 5.91 Å². The maximum Gasteiger partial charge on any atom is 0.253 e. The Morgan fingerprint density at radius 3 is 2.51 bits per heavy atom. The van der Waals surface area contributed by atoms with Gasteiger partial charge in [-0.25, -0.2) is 4.98 Å². The summed E-state index contributed by atoms with van der Waals surface area (Å²) in [4.78, 5) is 34.1. The fourth-order valence-electron chi connectivity index (χ4n) is 5.94. The number of nitrogens with one attached hydrogen (secondary N) is 3. The zero-order valence-corrected chi connectivity index (χ0v) is 24.4. The van der Waals surface area contributed by atoms with Crippen molar-refractivity contribution in [3.05, 3.63) is 60.3 Å². The molecule has 2 aromatic heterocycles. The molecule has 1 saturated heterocycles. The molecule has 10 nitrogen and oxygen atoms in total. The minimum absolute atomic E-state index is 0.0130. The average molecular weight is 559 g/mol. The van der Waals surface area contributed by atoms with Crippen molar-refractivity contribution in [2.45, 2.75) is 70.0 Å². The van der Waals surface area contributed by atoms with Crippen LogP contribution in [-0.4, -0.2) is 81.5 Å². The van der Waals surface area contributed by atoms with Gasteiger partial charge in [0, 0.05) is 54.1 Å². The van der Waals surface area contributed by atoms with E-state index in [1.807, 2.05) is 15.6 Å². The number of amides is 2. The fourth-order valence-corrected chi connectivity index (χ4v) is 5.94. The maximum absolute atomic E-state index is 13.3. The van der Waals surface area contributed by atoms with Gasteiger partial charge in [0.2, 0.25) is 5.91 Å². The van der Waals surface area contributed by atoms with Crippen molar-refractivity contribution < 1.29 is 9.59 Å². The summed E-state index contributed by atoms with van der Waals surface area (Å²) in [5.74, 6) is 1.47. The quantitative estimate of drug-likeness (QED) is 0.334. The van der Waals surface area contributed by atoms with Crippen LogP contribution in [0.4, 0.5) is 17.3 Å². The number of carbonyl (C=O) groups is 2. The molecule has 0 spiro atoms. The number of aromatic nitrogens is 3. The molecule has 1 aromatic carbocycles. The molecule has 2 aliphatic rings. The molecule has 1 atom stereocenters. The highest BCUT2D eigenvalue weighted by atomic mass is 16.2. The zero-order valence-electron chi connectivity index (χ0n) is 24.4. The van der Waals surface area contributed by atoms with Gasteiger partial charge in [-0.05, 0) is 89.4 Å². The van der Waals surface area contributed by atoms with E-state index in [0.29, 0.717) is 36.4 Å². The highest BCUT2D eigenvalue weighted by Crippen LogP contribution is 2.27. The maximum atomic E-state index is 13.3. The lowest BCUT2D eigenvalue weighted by atomic mass is 9.90. The number of carbonyl (C=O) groups excluding carboxylic acids is 2. The SMILES string of the molecule is C=CC(=O)Nc1ccc(C(=O)N2CCCC(Nc3cc(NC4CCC(N(C)C)CC4)nc4c(CC)cnn34)C2)cc1. The largest absolute Gasteiger partial charge is 0.367 e. The lowest BCUT2D eigenvalue weighted by Crippen LogP contribution is -2.45. The molecule has 1 aliphatic heterocycles. The summed E-state index contributed by atoms with van der Waals surface area (Å²) in [5, 5.41) is 14.8. The topological polar surface area (TPSA) is 107 Å². The fraction of sp³-hybridized carbons (Fsp3) is 0.484. The second-order valence-corrected chi connectivity index (χ2v) is 11.4. The van der Waals surface area contributed by atoms with Gasteiger partial charge in [0.05, 0.1) is 6.20 Å². The highest BCUT2D eigenvalue weighted by molar-refractivity contribution is 5.99. The van der Waals surface area contributed by atoms with Crippen molar-refractivity contribution in [3.8, 4) is 0 Å². The molecule has 3 heterocycles. The van der Waals surface area contributed by atoms with Gasteiger partial charge in [-0.2, -0.15) is 9.61 Å². The lowest BCUT2D eigenvalue weighted by molar-refractivity contribution is -0.111. The highest BCUT2D eigenvalue weighted by Gasteiger charge is 2.27. The minimum Gasteiger partial charge on any atom is -0.367 e. The van der Waals surface area contributed by atoms with Crippen LogP contribution in [0.2, 0.25) is 0 Å². The van der Waals surface area contributed by atoms with Gasteiger partial charge in [-0.1, -0.05) is 13.5 Å². The number of fused-ring (bicyclic) bond motifs is 1. The molecule has 1 aliphatic carbocycles. The van der Waals surface area contributed by atoms with Crippen LogP contribution in [0.3, 0.4) is 0 Å². The molecule has 2 amide bonds. The van der Waals surface area contributed by atoms with Gasteiger partial charge >= 0.3 is 0 Å². The normalized spacial score (nSPS) is 21.1. The van der Waals surface area contributed by atoms with Crippen molar-refractivity contribution in [1.82, 2.24) is 24.4 Å². The first-order chi connectivity index (χ1) is 19.8. The standard InChI is InChI=1S/C31H42N8O2/c1-5-21-19-32-39-28(18-27(36-30(21)39)33-23-13-15-26(16-14-23)37(3)4)34-25-8-7-17-38(20-25)31(41)22-9-11-24(12-10-22)35-29(40)6-2/h6,9-12,18-19,23,25-26,34H,2,5,7-8,13-17,20H2,1,3-4H3,(H,33,36)(H,35,40). The van der Waals surface area contributed by atoms with E-state index < -0.39 is 0 Å². The van der Waals surface area contributed by atoms with E-state index in [9.17, 15) is 9.59 Å². The smallest absolute Gasteiger partial charge is 0.253 e. The summed E-state index contributed by atoms with van der Waals surface area (Å²) < 4.78 is 1.89. The number of likely N-dealkylation sites (tertiary alicyclic amines) is 1. The number of piperidine rings is 1. The number of benzene rings is 1. The van der Waals surface area contributed by atoms with Crippen LogP contribution in [0, 0.1) is 0 Å². The van der Waals surface area contributed by atoms with Crippen LogP contribution in [0.5, 0.6) is 0 Å². The van der Waals surface area contributed by atoms with Crippen LogP contribution in [0.15, 0.2) is 49.2 Å². The number of hydrogen-bond acceptors (Lipinski definition) is 7. The van der Waals surface area contributed by atoms with Crippen molar-refractivity contribution in [2.75, 3.05) is 43.1 Å². The Labute approximate surface area is 242 Å². The van der Waals surface area contributed by atoms with Crippen LogP contribution in [0.1, 0.15) is 61.4 Å². The van der Waals surface area contributed by atoms with E-state index in [1.54, 1.807) is 24.3 Å². The molecule has 0 bridgehead atoms. The zero-order chi connectivity index (χ0) is 28.9. The van der Waals surface area contributed by atoms with Crippen molar-refractivity contribution in [2.24, 2.45) is 0 Å². The van der Waals surface area contributed by atoms with Gasteiger partial charge in [0.15, 0.2) is 5.65 Å². The molecule has 5 rings (SSSR count). The van der Waals surface area contributed by atoms with Crippen molar-refractivity contribution >= 4 is 34.8 Å². The molecule has 218 valence electrons. The Morgan fingerprint density at radius 2 is 1.83 bits per heavy atom. The summed E-state index contributed by atoms with van der Waals surface area (Å²) in [6, 6.07) is 10.2. The lowest BCUT2D eigenvalue weighted by Gasteiger charge is -2.34. The number of aryl methyl sites for hydroxylation is 1. The Bertz CT molecular complexity index is 1370. The van der Waals surface area contributed by atoms with E-state index in [2.05, 4.69) is 59.6 Å². The summed E-state index contributed by atoms with van der Waals surface area (Å²) in [5.41, 5.74) is 3.21. The molecule has 1 unspecified atom stereocenters. The van der Waals surface area contributed by atoms with Crippen molar-refractivity contribution in [3.63, 3.8) is 0 Å². The summed E-state index contributed by atoms with van der Waals surface area (Å²) in [6.07, 6.45) is 10.5. The van der Waals surface area contributed by atoms with Crippen LogP contribution < -0.4 is 16.0 Å². The molecular weight excluding hydrogens is 516 g/mol. The van der Waals surface area contributed by atoms with Gasteiger partial charge in [-0.3, -0.25) is 9.59 Å². The Kier molecular flexibility index (Phi) is 8.87. The van der Waals surface area contributed by atoms with E-state index in [1.165, 1.54) is 18.9 Å². The number of rotatable bonds is 9. The van der Waals surface area contributed by atoms with E-state index in [0.717, 1.165) is 55.0 Å². The molecule has 41 heavy (non-hydrogen) atoms.